The summed E-state index contributed by atoms with van der Waals surface area (Å²) in [6.07, 6.45) is 0. The number of methoxy groups -OCH3 is 2. The first-order chi connectivity index (χ1) is 15.8. The molecule has 0 aliphatic carbocycles. The fourth-order valence-corrected chi connectivity index (χ4v) is 3.81. The number of carbonyl (C=O) groups excluding carboxylic acids is 2. The summed E-state index contributed by atoms with van der Waals surface area (Å²) in [5.74, 6) is 0.159. The maximum atomic E-state index is 13.6. The Morgan fingerprint density at radius 2 is 1.58 bits per heavy atom. The molecule has 2 amide bonds. The highest BCUT2D eigenvalue weighted by molar-refractivity contribution is 6.46. The maximum absolute atomic E-state index is 13.6. The van der Waals surface area contributed by atoms with Gasteiger partial charge in [0.2, 0.25) is 0 Å². The van der Waals surface area contributed by atoms with Gasteiger partial charge in [-0.3, -0.25) is 9.59 Å². The fraction of sp³-hybridized carbons (Fsp3) is 0.154. The summed E-state index contributed by atoms with van der Waals surface area (Å²) in [4.78, 5) is 28.3. The Hall–Kier alpha value is -3.77. The van der Waals surface area contributed by atoms with E-state index in [1.165, 1.54) is 7.11 Å². The van der Waals surface area contributed by atoms with Gasteiger partial charge in [-0.2, -0.15) is 0 Å². The standard InChI is InChI=1S/C26H23ClN2O4/c1-15-5-8-17(9-6-15)23-24(28-21-14-19(32-3)11-12-22(21)33-4)26(31)29(25(23)30)18-10-7-16(2)20(27)13-18/h5-14,28H,1-4H3. The molecule has 6 nitrogen and oxygen atoms in total. The molecule has 0 saturated carbocycles. The number of hydrogen-bond donors (Lipinski definition) is 1. The zero-order valence-electron chi connectivity index (χ0n) is 18.7. The Labute approximate surface area is 197 Å². The summed E-state index contributed by atoms with van der Waals surface area (Å²) in [6, 6.07) is 17.7. The van der Waals surface area contributed by atoms with Crippen molar-refractivity contribution in [3.05, 3.63) is 88.1 Å². The van der Waals surface area contributed by atoms with E-state index in [1.807, 2.05) is 38.1 Å². The van der Waals surface area contributed by atoms with Crippen LogP contribution in [0.4, 0.5) is 11.4 Å². The molecule has 7 heteroatoms. The van der Waals surface area contributed by atoms with Crippen LogP contribution in [0, 0.1) is 13.8 Å². The summed E-state index contributed by atoms with van der Waals surface area (Å²) in [5.41, 5.74) is 3.84. The molecule has 1 aliphatic rings. The van der Waals surface area contributed by atoms with Crippen molar-refractivity contribution in [1.29, 1.82) is 0 Å². The Kier molecular flexibility index (Phi) is 6.11. The number of carbonyl (C=O) groups is 2. The summed E-state index contributed by atoms with van der Waals surface area (Å²) in [5, 5.41) is 3.61. The highest BCUT2D eigenvalue weighted by Gasteiger charge is 2.40. The van der Waals surface area contributed by atoms with Crippen LogP contribution in [0.15, 0.2) is 66.4 Å². The van der Waals surface area contributed by atoms with Crippen molar-refractivity contribution >= 4 is 40.4 Å². The number of hydrogen-bond acceptors (Lipinski definition) is 5. The molecule has 33 heavy (non-hydrogen) atoms. The number of nitrogens with one attached hydrogen (secondary N) is 1. The van der Waals surface area contributed by atoms with E-state index in [4.69, 9.17) is 21.1 Å². The summed E-state index contributed by atoms with van der Waals surface area (Å²) >= 11 is 6.29. The van der Waals surface area contributed by atoms with E-state index in [2.05, 4.69) is 5.32 Å². The molecular formula is C26H23ClN2O4. The van der Waals surface area contributed by atoms with E-state index in [1.54, 1.807) is 43.5 Å². The van der Waals surface area contributed by atoms with E-state index in [-0.39, 0.29) is 11.3 Å². The fourth-order valence-electron chi connectivity index (χ4n) is 3.64. The van der Waals surface area contributed by atoms with E-state index in [9.17, 15) is 9.59 Å². The van der Waals surface area contributed by atoms with Crippen LogP contribution in [0.1, 0.15) is 16.7 Å². The topological polar surface area (TPSA) is 67.9 Å². The van der Waals surface area contributed by atoms with Crippen LogP contribution in [-0.4, -0.2) is 26.0 Å². The molecule has 0 aromatic heterocycles. The third kappa shape index (κ3) is 4.17. The smallest absolute Gasteiger partial charge is 0.282 e. The quantitative estimate of drug-likeness (QED) is 0.499. The molecule has 0 unspecified atom stereocenters. The van der Waals surface area contributed by atoms with E-state index < -0.39 is 11.8 Å². The summed E-state index contributed by atoms with van der Waals surface area (Å²) < 4.78 is 10.8. The lowest BCUT2D eigenvalue weighted by Crippen LogP contribution is -2.32. The van der Waals surface area contributed by atoms with E-state index in [0.29, 0.717) is 33.5 Å². The molecule has 1 aliphatic heterocycles. The summed E-state index contributed by atoms with van der Waals surface area (Å²) in [6.45, 7) is 3.82. The third-order valence-electron chi connectivity index (χ3n) is 5.50. The van der Waals surface area contributed by atoms with Crippen LogP contribution in [0.3, 0.4) is 0 Å². The largest absolute Gasteiger partial charge is 0.497 e. The lowest BCUT2D eigenvalue weighted by Gasteiger charge is -2.17. The first-order valence-electron chi connectivity index (χ1n) is 10.3. The molecule has 0 fully saturated rings. The van der Waals surface area contributed by atoms with Crippen LogP contribution in [0.2, 0.25) is 5.02 Å². The summed E-state index contributed by atoms with van der Waals surface area (Å²) in [7, 11) is 3.08. The third-order valence-corrected chi connectivity index (χ3v) is 5.91. The van der Waals surface area contributed by atoms with Gasteiger partial charge in [-0.15, -0.1) is 0 Å². The van der Waals surface area contributed by atoms with Crippen molar-refractivity contribution in [2.45, 2.75) is 13.8 Å². The van der Waals surface area contributed by atoms with Crippen molar-refractivity contribution in [2.75, 3.05) is 24.4 Å². The monoisotopic (exact) mass is 462 g/mol. The minimum absolute atomic E-state index is 0.145. The molecule has 3 aromatic carbocycles. The number of benzene rings is 3. The lowest BCUT2D eigenvalue weighted by molar-refractivity contribution is -0.120. The molecule has 1 heterocycles. The van der Waals surface area contributed by atoms with Crippen LogP contribution in [-0.2, 0) is 9.59 Å². The van der Waals surface area contributed by atoms with Gasteiger partial charge in [-0.25, -0.2) is 4.90 Å². The Morgan fingerprint density at radius 3 is 2.21 bits per heavy atom. The number of aryl methyl sites for hydroxylation is 2. The number of anilines is 2. The Morgan fingerprint density at radius 1 is 0.848 bits per heavy atom. The Balaban J connectivity index is 1.86. The molecule has 4 rings (SSSR count). The van der Waals surface area contributed by atoms with Gasteiger partial charge in [0, 0.05) is 11.1 Å². The molecule has 168 valence electrons. The van der Waals surface area contributed by atoms with Gasteiger partial charge in [0.1, 0.15) is 17.2 Å². The van der Waals surface area contributed by atoms with Gasteiger partial charge in [0.25, 0.3) is 11.8 Å². The predicted octanol–water partition coefficient (Wildman–Crippen LogP) is 5.37. The van der Waals surface area contributed by atoms with Crippen molar-refractivity contribution in [1.82, 2.24) is 0 Å². The second kappa shape index (κ2) is 9.00. The average molecular weight is 463 g/mol. The van der Waals surface area contributed by atoms with Crippen LogP contribution < -0.4 is 19.7 Å². The van der Waals surface area contributed by atoms with Gasteiger partial charge >= 0.3 is 0 Å². The normalized spacial score (nSPS) is 13.5. The number of rotatable bonds is 6. The molecule has 0 saturated heterocycles. The van der Waals surface area contributed by atoms with Gasteiger partial charge < -0.3 is 14.8 Å². The lowest BCUT2D eigenvalue weighted by atomic mass is 10.0. The molecular weight excluding hydrogens is 440 g/mol. The zero-order chi connectivity index (χ0) is 23.7. The van der Waals surface area contributed by atoms with Crippen LogP contribution in [0.25, 0.3) is 5.57 Å². The van der Waals surface area contributed by atoms with Crippen molar-refractivity contribution in [3.8, 4) is 11.5 Å². The number of ether oxygens (including phenoxy) is 2. The predicted molar refractivity (Wildman–Crippen MR) is 130 cm³/mol. The minimum Gasteiger partial charge on any atom is -0.497 e. The van der Waals surface area contributed by atoms with Gasteiger partial charge in [-0.1, -0.05) is 47.5 Å². The average Bonchev–Trinajstić information content (AvgIpc) is 3.05. The van der Waals surface area contributed by atoms with Gasteiger partial charge in [0.15, 0.2) is 0 Å². The second-order valence-corrected chi connectivity index (χ2v) is 8.09. The SMILES string of the molecule is COc1ccc(OC)c(NC2=C(c3ccc(C)cc3)C(=O)N(c3ccc(C)c(Cl)c3)C2=O)c1. The molecule has 0 radical (unpaired) electrons. The number of nitrogens with zero attached hydrogens (tertiary/aromatic N) is 1. The van der Waals surface area contributed by atoms with Crippen LogP contribution >= 0.6 is 11.6 Å². The molecule has 0 atom stereocenters. The van der Waals surface area contributed by atoms with Crippen LogP contribution in [0.5, 0.6) is 11.5 Å². The Bertz CT molecular complexity index is 1280. The molecule has 0 spiro atoms. The number of imide groups is 1. The van der Waals surface area contributed by atoms with Crippen molar-refractivity contribution < 1.29 is 19.1 Å². The first-order valence-corrected chi connectivity index (χ1v) is 10.7. The number of halogens is 1. The molecule has 0 bridgehead atoms. The van der Waals surface area contributed by atoms with Crippen molar-refractivity contribution in [2.24, 2.45) is 0 Å². The highest BCUT2D eigenvalue weighted by Crippen LogP contribution is 2.37. The maximum Gasteiger partial charge on any atom is 0.282 e. The van der Waals surface area contributed by atoms with E-state index in [0.717, 1.165) is 16.0 Å². The van der Waals surface area contributed by atoms with Crippen molar-refractivity contribution in [3.63, 3.8) is 0 Å². The van der Waals surface area contributed by atoms with E-state index >= 15 is 0 Å². The number of amides is 2. The first kappa shape index (κ1) is 22.4. The second-order valence-electron chi connectivity index (χ2n) is 7.69. The van der Waals surface area contributed by atoms with Gasteiger partial charge in [-0.05, 0) is 49.2 Å². The minimum atomic E-state index is -0.486. The zero-order valence-corrected chi connectivity index (χ0v) is 19.5. The van der Waals surface area contributed by atoms with Gasteiger partial charge in [0.05, 0.1) is 31.2 Å². The highest BCUT2D eigenvalue weighted by atomic mass is 35.5. The molecule has 1 N–H and O–H groups in total. The molecule has 3 aromatic rings.